The first-order valence-electron chi connectivity index (χ1n) is 9.95. The summed E-state index contributed by atoms with van der Waals surface area (Å²) >= 11 is 0. The highest BCUT2D eigenvalue weighted by atomic mass is 16.5. The highest BCUT2D eigenvalue weighted by Crippen LogP contribution is 2.21. The number of hydrogen-bond acceptors (Lipinski definition) is 4. The number of piperidine rings is 1. The van der Waals surface area contributed by atoms with E-state index in [4.69, 9.17) is 4.74 Å². The van der Waals surface area contributed by atoms with Crippen LogP contribution >= 0.6 is 0 Å². The quantitative estimate of drug-likeness (QED) is 0.690. The first kappa shape index (κ1) is 20.1. The summed E-state index contributed by atoms with van der Waals surface area (Å²) in [7, 11) is 0. The minimum Gasteiger partial charge on any atom is -0.466 e. The van der Waals surface area contributed by atoms with Crippen LogP contribution in [0, 0.1) is 5.92 Å². The number of rotatable bonds is 7. The standard InChI is InChI=1S/C23H28N2O3/c1-2-28-23(27)20-13-15-24(16-14-20)18-22(26)25(21-11-7-4-8-12-21)17-19-9-5-3-6-10-19/h3-12,20H,2,13-18H2,1H3. The molecule has 0 N–H and O–H groups in total. The first-order valence-corrected chi connectivity index (χ1v) is 9.95. The number of likely N-dealkylation sites (tertiary alicyclic amines) is 1. The van der Waals surface area contributed by atoms with Gasteiger partial charge in [0.1, 0.15) is 0 Å². The predicted octanol–water partition coefficient (Wildman–Crippen LogP) is 3.49. The van der Waals surface area contributed by atoms with Gasteiger partial charge in [-0.1, -0.05) is 48.5 Å². The van der Waals surface area contributed by atoms with Crippen LogP contribution in [0.3, 0.4) is 0 Å². The number of ether oxygens (including phenoxy) is 1. The Morgan fingerprint density at radius 1 is 1.00 bits per heavy atom. The Morgan fingerprint density at radius 2 is 1.61 bits per heavy atom. The van der Waals surface area contributed by atoms with E-state index in [1.165, 1.54) is 0 Å². The number of hydrogen-bond donors (Lipinski definition) is 0. The van der Waals surface area contributed by atoms with Gasteiger partial charge < -0.3 is 9.64 Å². The molecule has 148 valence electrons. The lowest BCUT2D eigenvalue weighted by atomic mass is 9.97. The minimum absolute atomic E-state index is 0.0409. The first-order chi connectivity index (χ1) is 13.7. The molecule has 1 aliphatic heterocycles. The van der Waals surface area contributed by atoms with Crippen LogP contribution in [0.2, 0.25) is 0 Å². The average Bonchev–Trinajstić information content (AvgIpc) is 2.74. The van der Waals surface area contributed by atoms with Crippen LogP contribution in [-0.2, 0) is 20.9 Å². The van der Waals surface area contributed by atoms with Gasteiger partial charge in [0.15, 0.2) is 0 Å². The maximum atomic E-state index is 13.1. The average molecular weight is 380 g/mol. The lowest BCUT2D eigenvalue weighted by Gasteiger charge is -2.32. The minimum atomic E-state index is -0.108. The number of carbonyl (C=O) groups is 2. The van der Waals surface area contributed by atoms with Crippen molar-refractivity contribution >= 4 is 17.6 Å². The molecular weight excluding hydrogens is 352 g/mol. The summed E-state index contributed by atoms with van der Waals surface area (Å²) in [5.41, 5.74) is 2.00. The van der Waals surface area contributed by atoms with E-state index in [0.29, 0.717) is 19.7 Å². The molecule has 1 heterocycles. The van der Waals surface area contributed by atoms with Crippen molar-refractivity contribution in [2.75, 3.05) is 31.1 Å². The fourth-order valence-corrected chi connectivity index (χ4v) is 3.56. The van der Waals surface area contributed by atoms with Crippen molar-refractivity contribution in [3.05, 3.63) is 66.2 Å². The zero-order valence-electron chi connectivity index (χ0n) is 16.4. The van der Waals surface area contributed by atoms with Gasteiger partial charge in [0.2, 0.25) is 5.91 Å². The van der Waals surface area contributed by atoms with Gasteiger partial charge >= 0.3 is 5.97 Å². The molecule has 28 heavy (non-hydrogen) atoms. The zero-order valence-corrected chi connectivity index (χ0v) is 16.4. The SMILES string of the molecule is CCOC(=O)C1CCN(CC(=O)N(Cc2ccccc2)c2ccccc2)CC1. The van der Waals surface area contributed by atoms with Crippen molar-refractivity contribution in [3.8, 4) is 0 Å². The van der Waals surface area contributed by atoms with Crippen LogP contribution in [0.5, 0.6) is 0 Å². The molecule has 0 spiro atoms. The summed E-state index contributed by atoms with van der Waals surface area (Å²) in [5, 5.41) is 0. The van der Waals surface area contributed by atoms with E-state index in [0.717, 1.165) is 37.2 Å². The highest BCUT2D eigenvalue weighted by Gasteiger charge is 2.28. The van der Waals surface area contributed by atoms with E-state index < -0.39 is 0 Å². The van der Waals surface area contributed by atoms with E-state index in [2.05, 4.69) is 4.90 Å². The molecule has 1 saturated heterocycles. The Morgan fingerprint density at radius 3 is 2.21 bits per heavy atom. The molecule has 0 aliphatic carbocycles. The van der Waals surface area contributed by atoms with Crippen molar-refractivity contribution in [3.63, 3.8) is 0 Å². The van der Waals surface area contributed by atoms with Crippen LogP contribution < -0.4 is 4.90 Å². The third-order valence-electron chi connectivity index (χ3n) is 5.12. The number of amides is 1. The fraction of sp³-hybridized carbons (Fsp3) is 0.391. The summed E-state index contributed by atoms with van der Waals surface area (Å²) < 4.78 is 5.13. The topological polar surface area (TPSA) is 49.9 Å². The van der Waals surface area contributed by atoms with Gasteiger partial charge in [0.05, 0.1) is 25.6 Å². The Kier molecular flexibility index (Phi) is 7.20. The maximum Gasteiger partial charge on any atom is 0.309 e. The van der Waals surface area contributed by atoms with E-state index in [-0.39, 0.29) is 17.8 Å². The Balaban J connectivity index is 1.63. The fourth-order valence-electron chi connectivity index (χ4n) is 3.56. The van der Waals surface area contributed by atoms with Crippen LogP contribution in [-0.4, -0.2) is 43.0 Å². The molecule has 1 amide bonds. The van der Waals surface area contributed by atoms with Crippen LogP contribution in [0.4, 0.5) is 5.69 Å². The molecule has 0 atom stereocenters. The smallest absolute Gasteiger partial charge is 0.309 e. The molecule has 0 unspecified atom stereocenters. The van der Waals surface area contributed by atoms with Crippen LogP contribution in [0.25, 0.3) is 0 Å². The van der Waals surface area contributed by atoms with Crippen LogP contribution in [0.1, 0.15) is 25.3 Å². The molecule has 0 radical (unpaired) electrons. The second-order valence-electron chi connectivity index (χ2n) is 7.10. The second-order valence-corrected chi connectivity index (χ2v) is 7.10. The Bertz CT molecular complexity index is 756. The van der Waals surface area contributed by atoms with Crippen LogP contribution in [0.15, 0.2) is 60.7 Å². The largest absolute Gasteiger partial charge is 0.466 e. The van der Waals surface area contributed by atoms with Gasteiger partial charge in [-0.15, -0.1) is 0 Å². The molecule has 0 bridgehead atoms. The van der Waals surface area contributed by atoms with Crippen molar-refractivity contribution in [1.29, 1.82) is 0 Å². The lowest BCUT2D eigenvalue weighted by Crippen LogP contribution is -2.44. The Labute approximate surface area is 166 Å². The van der Waals surface area contributed by atoms with E-state index in [9.17, 15) is 9.59 Å². The van der Waals surface area contributed by atoms with E-state index >= 15 is 0 Å². The number of carbonyl (C=O) groups excluding carboxylic acids is 2. The monoisotopic (exact) mass is 380 g/mol. The second kappa shape index (κ2) is 10.0. The van der Waals surface area contributed by atoms with Gasteiger partial charge in [-0.3, -0.25) is 14.5 Å². The van der Waals surface area contributed by atoms with Crippen molar-refractivity contribution < 1.29 is 14.3 Å². The number of para-hydroxylation sites is 1. The summed E-state index contributed by atoms with van der Waals surface area (Å²) in [5.74, 6) is -0.0750. The van der Waals surface area contributed by atoms with E-state index in [1.54, 1.807) is 0 Å². The summed E-state index contributed by atoms with van der Waals surface area (Å²) in [6, 6.07) is 19.8. The lowest BCUT2D eigenvalue weighted by molar-refractivity contribution is -0.149. The molecule has 1 fully saturated rings. The predicted molar refractivity (Wildman–Crippen MR) is 110 cm³/mol. The maximum absolute atomic E-state index is 13.1. The molecule has 2 aromatic rings. The van der Waals surface area contributed by atoms with Gasteiger partial charge in [0, 0.05) is 5.69 Å². The van der Waals surface area contributed by atoms with Crippen molar-refractivity contribution in [1.82, 2.24) is 4.90 Å². The van der Waals surface area contributed by atoms with Gasteiger partial charge in [-0.05, 0) is 50.6 Å². The molecule has 0 aromatic heterocycles. The number of benzene rings is 2. The summed E-state index contributed by atoms with van der Waals surface area (Å²) in [4.78, 5) is 29.0. The molecule has 5 heteroatoms. The third kappa shape index (κ3) is 5.42. The zero-order chi connectivity index (χ0) is 19.8. The normalized spacial score (nSPS) is 15.2. The molecule has 2 aromatic carbocycles. The van der Waals surface area contributed by atoms with Gasteiger partial charge in [-0.25, -0.2) is 0 Å². The molecule has 0 saturated carbocycles. The van der Waals surface area contributed by atoms with Crippen molar-refractivity contribution in [2.45, 2.75) is 26.3 Å². The summed E-state index contributed by atoms with van der Waals surface area (Å²) in [6.45, 7) is 4.63. The third-order valence-corrected chi connectivity index (χ3v) is 5.12. The molecular formula is C23H28N2O3. The van der Waals surface area contributed by atoms with Gasteiger partial charge in [0.25, 0.3) is 0 Å². The number of esters is 1. The Hall–Kier alpha value is -2.66. The van der Waals surface area contributed by atoms with Gasteiger partial charge in [-0.2, -0.15) is 0 Å². The number of nitrogens with zero attached hydrogens (tertiary/aromatic N) is 2. The molecule has 1 aliphatic rings. The highest BCUT2D eigenvalue weighted by molar-refractivity contribution is 5.94. The van der Waals surface area contributed by atoms with Crippen molar-refractivity contribution in [2.24, 2.45) is 5.92 Å². The number of anilines is 1. The van der Waals surface area contributed by atoms with E-state index in [1.807, 2.05) is 72.5 Å². The molecule has 3 rings (SSSR count). The summed E-state index contributed by atoms with van der Waals surface area (Å²) in [6.07, 6.45) is 1.49. The molecule has 5 nitrogen and oxygen atoms in total.